The first kappa shape index (κ1) is 10.1. The highest BCUT2D eigenvalue weighted by atomic mass is 15.0. The van der Waals surface area contributed by atoms with Crippen LogP contribution in [-0.2, 0) is 0 Å². The molecule has 1 N–H and O–H groups in total. The molecule has 0 radical (unpaired) electrons. The van der Waals surface area contributed by atoms with Crippen LogP contribution in [0.5, 0.6) is 0 Å². The van der Waals surface area contributed by atoms with Crippen molar-refractivity contribution in [1.82, 2.24) is 15.3 Å². The van der Waals surface area contributed by atoms with E-state index >= 15 is 0 Å². The molecule has 0 saturated carbocycles. The maximum atomic E-state index is 4.25. The molecule has 0 saturated heterocycles. The Bertz CT molecular complexity index is 233. The van der Waals surface area contributed by atoms with Crippen molar-refractivity contribution in [2.45, 2.75) is 26.8 Å². The number of rotatable bonds is 4. The van der Waals surface area contributed by atoms with Gasteiger partial charge >= 0.3 is 0 Å². The molecule has 1 aromatic heterocycles. The van der Waals surface area contributed by atoms with E-state index in [0.29, 0.717) is 12.0 Å². The van der Waals surface area contributed by atoms with Crippen molar-refractivity contribution in [3.63, 3.8) is 0 Å². The standard InChI is InChI=1S/C10H17N3/c1-4-12-10(8(2)3)9-5-6-11-7-13-9/h5-8,10,12H,4H2,1-3H3. The summed E-state index contributed by atoms with van der Waals surface area (Å²) in [7, 11) is 0. The van der Waals surface area contributed by atoms with Crippen LogP contribution in [0.4, 0.5) is 0 Å². The molecule has 1 atom stereocenters. The summed E-state index contributed by atoms with van der Waals surface area (Å²) in [5, 5.41) is 3.41. The Labute approximate surface area is 79.6 Å². The van der Waals surface area contributed by atoms with Gasteiger partial charge in [-0.25, -0.2) is 9.97 Å². The van der Waals surface area contributed by atoms with Gasteiger partial charge in [0.25, 0.3) is 0 Å². The topological polar surface area (TPSA) is 37.8 Å². The number of nitrogens with zero attached hydrogens (tertiary/aromatic N) is 2. The molecule has 13 heavy (non-hydrogen) atoms. The molecule has 0 aromatic carbocycles. The van der Waals surface area contributed by atoms with Crippen LogP contribution in [0.25, 0.3) is 0 Å². The van der Waals surface area contributed by atoms with Crippen LogP contribution in [0, 0.1) is 5.92 Å². The van der Waals surface area contributed by atoms with Gasteiger partial charge in [-0.15, -0.1) is 0 Å². The zero-order valence-electron chi connectivity index (χ0n) is 8.49. The second-order valence-corrected chi connectivity index (χ2v) is 3.41. The first-order valence-corrected chi connectivity index (χ1v) is 4.75. The Kier molecular flexibility index (Phi) is 3.83. The maximum Gasteiger partial charge on any atom is 0.115 e. The zero-order valence-corrected chi connectivity index (χ0v) is 8.49. The monoisotopic (exact) mass is 179 g/mol. The van der Waals surface area contributed by atoms with E-state index in [-0.39, 0.29) is 0 Å². The van der Waals surface area contributed by atoms with Crippen LogP contribution in [0.3, 0.4) is 0 Å². The van der Waals surface area contributed by atoms with Crippen LogP contribution in [0.1, 0.15) is 32.5 Å². The summed E-state index contributed by atoms with van der Waals surface area (Å²) in [6, 6.07) is 2.31. The summed E-state index contributed by atoms with van der Waals surface area (Å²) >= 11 is 0. The van der Waals surface area contributed by atoms with Gasteiger partial charge < -0.3 is 5.32 Å². The lowest BCUT2D eigenvalue weighted by atomic mass is 10.0. The molecule has 0 aliphatic carbocycles. The van der Waals surface area contributed by atoms with E-state index in [2.05, 4.69) is 36.1 Å². The van der Waals surface area contributed by atoms with Crippen LogP contribution < -0.4 is 5.32 Å². The minimum atomic E-state index is 0.341. The fraction of sp³-hybridized carbons (Fsp3) is 0.600. The van der Waals surface area contributed by atoms with Gasteiger partial charge in [0.05, 0.1) is 11.7 Å². The summed E-state index contributed by atoms with van der Waals surface area (Å²) in [5.41, 5.74) is 1.08. The van der Waals surface area contributed by atoms with Crippen LogP contribution >= 0.6 is 0 Å². The molecule has 3 heteroatoms. The van der Waals surface area contributed by atoms with E-state index < -0.39 is 0 Å². The molecule has 1 heterocycles. The maximum absolute atomic E-state index is 4.25. The van der Waals surface area contributed by atoms with E-state index in [4.69, 9.17) is 0 Å². The van der Waals surface area contributed by atoms with Gasteiger partial charge in [0.1, 0.15) is 6.33 Å². The molecule has 0 spiro atoms. The molecule has 0 aliphatic heterocycles. The Morgan fingerprint density at radius 3 is 2.69 bits per heavy atom. The van der Waals surface area contributed by atoms with Crippen molar-refractivity contribution in [3.8, 4) is 0 Å². The van der Waals surface area contributed by atoms with Crippen LogP contribution in [0.2, 0.25) is 0 Å². The van der Waals surface area contributed by atoms with Crippen molar-refractivity contribution < 1.29 is 0 Å². The third-order valence-corrected chi connectivity index (χ3v) is 2.01. The highest BCUT2D eigenvalue weighted by Crippen LogP contribution is 2.18. The first-order chi connectivity index (χ1) is 6.25. The minimum absolute atomic E-state index is 0.341. The van der Waals surface area contributed by atoms with Gasteiger partial charge in [-0.05, 0) is 18.5 Å². The average molecular weight is 179 g/mol. The largest absolute Gasteiger partial charge is 0.309 e. The lowest BCUT2D eigenvalue weighted by Crippen LogP contribution is -2.26. The lowest BCUT2D eigenvalue weighted by molar-refractivity contribution is 0.412. The smallest absolute Gasteiger partial charge is 0.115 e. The number of hydrogen-bond acceptors (Lipinski definition) is 3. The molecule has 3 nitrogen and oxygen atoms in total. The van der Waals surface area contributed by atoms with Gasteiger partial charge in [-0.2, -0.15) is 0 Å². The van der Waals surface area contributed by atoms with Crippen LogP contribution in [0.15, 0.2) is 18.6 Å². The first-order valence-electron chi connectivity index (χ1n) is 4.75. The molecule has 0 aliphatic rings. The molecular formula is C10H17N3. The summed E-state index contributed by atoms with van der Waals surface area (Å²) < 4.78 is 0. The second-order valence-electron chi connectivity index (χ2n) is 3.41. The average Bonchev–Trinajstić information content (AvgIpc) is 2.15. The molecule has 0 fully saturated rings. The predicted octanol–water partition coefficient (Wildman–Crippen LogP) is 1.78. The molecule has 0 amide bonds. The number of nitrogens with one attached hydrogen (secondary N) is 1. The predicted molar refractivity (Wildman–Crippen MR) is 53.3 cm³/mol. The normalized spacial score (nSPS) is 13.2. The zero-order chi connectivity index (χ0) is 9.68. The quantitative estimate of drug-likeness (QED) is 0.765. The minimum Gasteiger partial charge on any atom is -0.309 e. The van der Waals surface area contributed by atoms with Crippen molar-refractivity contribution in [2.24, 2.45) is 5.92 Å². The number of hydrogen-bond donors (Lipinski definition) is 1. The SMILES string of the molecule is CCNC(c1ccncn1)C(C)C. The van der Waals surface area contributed by atoms with E-state index in [1.54, 1.807) is 12.5 Å². The van der Waals surface area contributed by atoms with E-state index in [9.17, 15) is 0 Å². The van der Waals surface area contributed by atoms with E-state index in [1.807, 2.05) is 6.07 Å². The van der Waals surface area contributed by atoms with Gasteiger partial charge in [0, 0.05) is 6.20 Å². The van der Waals surface area contributed by atoms with Crippen molar-refractivity contribution in [3.05, 3.63) is 24.3 Å². The molecular weight excluding hydrogens is 162 g/mol. The summed E-state index contributed by atoms with van der Waals surface area (Å²) in [6.07, 6.45) is 3.39. The van der Waals surface area contributed by atoms with Gasteiger partial charge in [0.15, 0.2) is 0 Å². The molecule has 72 valence electrons. The van der Waals surface area contributed by atoms with E-state index in [0.717, 1.165) is 12.2 Å². The van der Waals surface area contributed by atoms with Gasteiger partial charge in [-0.3, -0.25) is 0 Å². The van der Waals surface area contributed by atoms with Crippen molar-refractivity contribution in [2.75, 3.05) is 6.54 Å². The molecule has 0 bridgehead atoms. The lowest BCUT2D eigenvalue weighted by Gasteiger charge is -2.20. The molecule has 1 rings (SSSR count). The second kappa shape index (κ2) is 4.92. The number of aromatic nitrogens is 2. The Hall–Kier alpha value is -0.960. The summed E-state index contributed by atoms with van der Waals surface area (Å²) in [6.45, 7) is 7.45. The van der Waals surface area contributed by atoms with Crippen molar-refractivity contribution >= 4 is 0 Å². The third-order valence-electron chi connectivity index (χ3n) is 2.01. The third kappa shape index (κ3) is 2.77. The van der Waals surface area contributed by atoms with Crippen molar-refractivity contribution in [1.29, 1.82) is 0 Å². The Morgan fingerprint density at radius 2 is 2.23 bits per heavy atom. The summed E-state index contributed by atoms with van der Waals surface area (Å²) in [5.74, 6) is 0.551. The highest BCUT2D eigenvalue weighted by molar-refractivity contribution is 5.05. The summed E-state index contributed by atoms with van der Waals surface area (Å²) in [4.78, 5) is 8.15. The fourth-order valence-electron chi connectivity index (χ4n) is 1.39. The highest BCUT2D eigenvalue weighted by Gasteiger charge is 2.14. The van der Waals surface area contributed by atoms with E-state index in [1.165, 1.54) is 0 Å². The fourth-order valence-corrected chi connectivity index (χ4v) is 1.39. The van der Waals surface area contributed by atoms with Gasteiger partial charge in [-0.1, -0.05) is 20.8 Å². The van der Waals surface area contributed by atoms with Crippen LogP contribution in [-0.4, -0.2) is 16.5 Å². The Morgan fingerprint density at radius 1 is 1.46 bits per heavy atom. The molecule has 1 unspecified atom stereocenters. The molecule has 1 aromatic rings. The Balaban J connectivity index is 2.76. The van der Waals surface area contributed by atoms with Gasteiger partial charge in [0.2, 0.25) is 0 Å².